The van der Waals surface area contributed by atoms with Crippen molar-refractivity contribution in [2.24, 2.45) is 5.92 Å². The van der Waals surface area contributed by atoms with Gasteiger partial charge in [-0.2, -0.15) is 5.10 Å². The van der Waals surface area contributed by atoms with E-state index in [4.69, 9.17) is 11.2 Å². The Morgan fingerprint density at radius 3 is 2.33 bits per heavy atom. The Bertz CT molecular complexity index is 805. The molecule has 145 valence electrons. The molecular weight excluding hydrogens is 413 g/mol. The Kier molecular flexibility index (Phi) is 14.1. The molecule has 5 heteroatoms. The molecule has 0 unspecified atom stereocenters. The van der Waals surface area contributed by atoms with Crippen LogP contribution in [0.15, 0.2) is 29.1 Å². The van der Waals surface area contributed by atoms with Gasteiger partial charge in [-0.05, 0) is 30.9 Å². The van der Waals surface area contributed by atoms with Crippen molar-refractivity contribution >= 4 is 0 Å². The molecular formula is C22H31N2O2Y-. The van der Waals surface area contributed by atoms with Crippen molar-refractivity contribution in [3.05, 3.63) is 53.3 Å². The van der Waals surface area contributed by atoms with Gasteiger partial charge in [0.2, 0.25) is 0 Å². The van der Waals surface area contributed by atoms with E-state index >= 15 is 0 Å². The molecule has 0 N–H and O–H groups in total. The van der Waals surface area contributed by atoms with Gasteiger partial charge in [0.1, 0.15) is 12.3 Å². The summed E-state index contributed by atoms with van der Waals surface area (Å²) in [5.74, 6) is 3.24. The molecule has 0 aliphatic heterocycles. The van der Waals surface area contributed by atoms with Crippen LogP contribution in [0, 0.1) is 39.5 Å². The van der Waals surface area contributed by atoms with Gasteiger partial charge in [-0.3, -0.25) is 4.79 Å². The average Bonchev–Trinajstić information content (AvgIpc) is 2.59. The molecule has 1 heterocycles. The zero-order valence-electron chi connectivity index (χ0n) is 17.7. The smallest absolute Gasteiger partial charge is 0.278 e. The number of aryl methyl sites for hydroxylation is 2. The van der Waals surface area contributed by atoms with Crippen molar-refractivity contribution in [2.45, 2.75) is 48.1 Å². The molecule has 0 saturated carbocycles. The van der Waals surface area contributed by atoms with Crippen LogP contribution in [-0.2, 0) is 39.3 Å². The van der Waals surface area contributed by atoms with E-state index in [2.05, 4.69) is 24.9 Å². The van der Waals surface area contributed by atoms with Crippen molar-refractivity contribution in [1.82, 2.24) is 9.78 Å². The summed E-state index contributed by atoms with van der Waals surface area (Å²) in [5.41, 5.74) is 2.92. The maximum Gasteiger partial charge on any atom is 0.278 e. The molecule has 2 aromatic rings. The number of hydrogen-bond acceptors (Lipinski definition) is 3. The van der Waals surface area contributed by atoms with E-state index in [0.29, 0.717) is 29.5 Å². The van der Waals surface area contributed by atoms with Crippen molar-refractivity contribution in [3.63, 3.8) is 0 Å². The fourth-order valence-corrected chi connectivity index (χ4v) is 2.53. The Hall–Kier alpha value is -1.44. The van der Waals surface area contributed by atoms with Crippen LogP contribution in [0.3, 0.4) is 0 Å². The van der Waals surface area contributed by atoms with E-state index in [1.165, 1.54) is 4.68 Å². The Morgan fingerprint density at radius 2 is 1.81 bits per heavy atom. The normalized spacial score (nSPS) is 9.26. The summed E-state index contributed by atoms with van der Waals surface area (Å²) in [7, 11) is 0. The van der Waals surface area contributed by atoms with Gasteiger partial charge in [0.05, 0.1) is 5.56 Å². The molecule has 0 aliphatic carbocycles. The maximum absolute atomic E-state index is 13.0. The molecule has 0 amide bonds. The first-order valence-electron chi connectivity index (χ1n) is 8.69. The zero-order chi connectivity index (χ0) is 19.0. The van der Waals surface area contributed by atoms with E-state index in [1.54, 1.807) is 0 Å². The van der Waals surface area contributed by atoms with Gasteiger partial charge < -0.3 is 12.2 Å². The van der Waals surface area contributed by atoms with Gasteiger partial charge >= 0.3 is 0 Å². The molecule has 0 fully saturated rings. The monoisotopic (exact) mass is 444 g/mol. The number of ether oxygens (including phenoxy) is 1. The number of benzene rings is 1. The summed E-state index contributed by atoms with van der Waals surface area (Å²) in [5, 5.41) is 4.39. The minimum Gasteiger partial charge on any atom is -0.478 e. The summed E-state index contributed by atoms with van der Waals surface area (Å²) in [4.78, 5) is 13.0. The van der Waals surface area contributed by atoms with Crippen LogP contribution in [0.25, 0.3) is 11.1 Å². The molecule has 4 nitrogen and oxygen atoms in total. The van der Waals surface area contributed by atoms with Crippen LogP contribution in [0.2, 0.25) is 0 Å². The number of rotatable bonds is 5. The minimum absolute atomic E-state index is 0. The average molecular weight is 444 g/mol. The van der Waals surface area contributed by atoms with Gasteiger partial charge in [-0.15, -0.1) is 6.42 Å². The van der Waals surface area contributed by atoms with Crippen LogP contribution in [-0.4, -0.2) is 16.4 Å². The quantitative estimate of drug-likeness (QED) is 0.498. The third-order valence-electron chi connectivity index (χ3n) is 3.53. The maximum atomic E-state index is 13.0. The Morgan fingerprint density at radius 1 is 1.22 bits per heavy atom. The zero-order valence-corrected chi connectivity index (χ0v) is 20.5. The van der Waals surface area contributed by atoms with Gasteiger partial charge in [-0.25, -0.2) is 4.68 Å². The number of hydrogen-bond donors (Lipinski definition) is 0. The van der Waals surface area contributed by atoms with Crippen LogP contribution < -0.4 is 10.3 Å². The van der Waals surface area contributed by atoms with Gasteiger partial charge in [0.25, 0.3) is 5.56 Å². The first-order chi connectivity index (χ1) is 12.0. The Labute approximate surface area is 189 Å². The fraction of sp³-hybridized carbons (Fsp3) is 0.409. The molecule has 0 bridgehead atoms. The first kappa shape index (κ1) is 27.8. The third kappa shape index (κ3) is 7.24. The second-order valence-electron chi connectivity index (χ2n) is 5.98. The summed E-state index contributed by atoms with van der Waals surface area (Å²) in [6.07, 6.45) is 5.30. The molecule has 0 aliphatic rings. The van der Waals surface area contributed by atoms with Crippen LogP contribution in [0.5, 0.6) is 5.75 Å². The number of aromatic nitrogens is 2. The fourth-order valence-electron chi connectivity index (χ4n) is 2.53. The Balaban J connectivity index is 0. The summed E-state index contributed by atoms with van der Waals surface area (Å²) in [6, 6.07) is 7.76. The molecule has 0 spiro atoms. The molecule has 1 aromatic carbocycles. The van der Waals surface area contributed by atoms with E-state index in [1.807, 2.05) is 52.0 Å². The van der Waals surface area contributed by atoms with Crippen LogP contribution in [0.1, 0.15) is 39.0 Å². The van der Waals surface area contributed by atoms with Crippen molar-refractivity contribution in [3.8, 4) is 29.2 Å². The van der Waals surface area contributed by atoms with E-state index < -0.39 is 0 Å². The summed E-state index contributed by atoms with van der Waals surface area (Å²) >= 11 is 0. The van der Waals surface area contributed by atoms with E-state index in [-0.39, 0.29) is 52.3 Å². The van der Waals surface area contributed by atoms with Gasteiger partial charge in [0.15, 0.2) is 5.75 Å². The molecule has 27 heavy (non-hydrogen) atoms. The second kappa shape index (κ2) is 13.7. The molecule has 1 radical (unpaired) electrons. The predicted octanol–water partition coefficient (Wildman–Crippen LogP) is 4.67. The molecule has 1 aromatic heterocycles. The molecule has 0 saturated heterocycles. The molecule has 0 atom stereocenters. The largest absolute Gasteiger partial charge is 0.478 e. The number of terminal acetylenes is 1. The van der Waals surface area contributed by atoms with Crippen LogP contribution in [0.4, 0.5) is 0 Å². The first-order valence-corrected chi connectivity index (χ1v) is 8.69. The minimum atomic E-state index is -0.148. The van der Waals surface area contributed by atoms with Crippen molar-refractivity contribution in [1.29, 1.82) is 0 Å². The van der Waals surface area contributed by atoms with Crippen molar-refractivity contribution in [2.75, 3.05) is 6.61 Å². The van der Waals surface area contributed by atoms with Crippen molar-refractivity contribution < 1.29 is 37.4 Å². The van der Waals surface area contributed by atoms with Gasteiger partial charge in [-0.1, -0.05) is 57.9 Å². The topological polar surface area (TPSA) is 44.1 Å². The summed E-state index contributed by atoms with van der Waals surface area (Å²) in [6.45, 7) is 12.6. The molecule has 2 rings (SSSR count). The third-order valence-corrected chi connectivity index (χ3v) is 3.53. The second-order valence-corrected chi connectivity index (χ2v) is 5.98. The van der Waals surface area contributed by atoms with E-state index in [9.17, 15) is 4.79 Å². The number of nitrogens with zero attached hydrogens (tertiary/aromatic N) is 2. The van der Waals surface area contributed by atoms with E-state index in [0.717, 1.165) is 11.1 Å². The van der Waals surface area contributed by atoms with Crippen LogP contribution >= 0.6 is 0 Å². The van der Waals surface area contributed by atoms with Gasteiger partial charge in [0, 0.05) is 39.3 Å². The predicted molar refractivity (Wildman–Crippen MR) is 110 cm³/mol. The SMILES string of the molecule is C#CCOc1c(C)nn(CC(C)C)c(=O)c1-c1ccccc1C.CC.[CH3-].[Y]. The standard InChI is InChI=1S/C19H22N2O2.C2H6.CH3.Y/c1-6-11-23-18-15(5)20-21(12-13(2)3)19(22)17(18)16-10-8-7-9-14(16)4;1-2;;/h1,7-10,13H,11-12H2,2-5H3;1-2H3;1H3;/q;;-1;. The summed E-state index contributed by atoms with van der Waals surface area (Å²) < 4.78 is 7.17.